The minimum Gasteiger partial charge on any atom is -0.493 e. The molecule has 6 heteroatoms. The Morgan fingerprint density at radius 1 is 1.17 bits per heavy atom. The van der Waals surface area contributed by atoms with Gasteiger partial charge in [-0.15, -0.1) is 0 Å². The van der Waals surface area contributed by atoms with Crippen LogP contribution in [0, 0.1) is 22.7 Å². The van der Waals surface area contributed by atoms with Crippen LogP contribution >= 0.6 is 15.9 Å². The zero-order chi connectivity index (χ0) is 17.5. The lowest BCUT2D eigenvalue weighted by Gasteiger charge is -2.12. The molecule has 0 heterocycles. The number of esters is 1. The van der Waals surface area contributed by atoms with E-state index >= 15 is 0 Å². The minimum absolute atomic E-state index is 0.0435. The first-order valence-corrected chi connectivity index (χ1v) is 7.55. The molecule has 0 aliphatic heterocycles. The van der Waals surface area contributed by atoms with Crippen molar-refractivity contribution in [3.8, 4) is 23.6 Å². The van der Waals surface area contributed by atoms with Crippen molar-refractivity contribution in [1.29, 1.82) is 10.5 Å². The second-order valence-corrected chi connectivity index (χ2v) is 5.43. The summed E-state index contributed by atoms with van der Waals surface area (Å²) in [5, 5.41) is 17.7. The van der Waals surface area contributed by atoms with Crippen molar-refractivity contribution < 1.29 is 14.3 Å². The second-order valence-electron chi connectivity index (χ2n) is 4.57. The largest absolute Gasteiger partial charge is 0.493 e. The number of allylic oxidation sites excluding steroid dienone is 1. The first kappa shape index (κ1) is 17.3. The predicted octanol–water partition coefficient (Wildman–Crippen LogP) is 4.11. The SMILES string of the molecule is COc1cc(C=C(C#N)C#N)cc(Br)c1OC(=O)c1ccccc1. The number of benzene rings is 2. The molecule has 0 N–H and O–H groups in total. The van der Waals surface area contributed by atoms with Crippen LogP contribution in [0.4, 0.5) is 0 Å². The number of ether oxygens (including phenoxy) is 2. The van der Waals surface area contributed by atoms with Crippen LogP contribution in [0.3, 0.4) is 0 Å². The molecule has 0 aliphatic rings. The molecular formula is C18H11BrN2O3. The van der Waals surface area contributed by atoms with E-state index in [0.29, 0.717) is 21.3 Å². The Morgan fingerprint density at radius 2 is 1.83 bits per heavy atom. The summed E-state index contributed by atoms with van der Waals surface area (Å²) in [5.74, 6) is 0.00161. The summed E-state index contributed by atoms with van der Waals surface area (Å²) in [4.78, 5) is 12.2. The Bertz CT molecular complexity index is 862. The molecule has 0 saturated heterocycles. The molecule has 0 amide bonds. The van der Waals surface area contributed by atoms with Crippen molar-refractivity contribution in [2.24, 2.45) is 0 Å². The lowest BCUT2D eigenvalue weighted by Crippen LogP contribution is -2.09. The molecule has 2 aromatic carbocycles. The standard InChI is InChI=1S/C18H11BrN2O3/c1-23-16-9-12(7-13(10-20)11-21)8-15(19)17(16)24-18(22)14-5-3-2-4-6-14/h2-9H,1H3. The number of nitrogens with zero attached hydrogens (tertiary/aromatic N) is 2. The fourth-order valence-electron chi connectivity index (χ4n) is 1.90. The summed E-state index contributed by atoms with van der Waals surface area (Å²) >= 11 is 3.32. The molecule has 24 heavy (non-hydrogen) atoms. The topological polar surface area (TPSA) is 83.1 Å². The van der Waals surface area contributed by atoms with E-state index in [1.54, 1.807) is 54.6 Å². The molecule has 0 saturated carbocycles. The highest BCUT2D eigenvalue weighted by atomic mass is 79.9. The van der Waals surface area contributed by atoms with E-state index in [4.69, 9.17) is 20.0 Å². The van der Waals surface area contributed by atoms with Gasteiger partial charge in [-0.05, 0) is 51.8 Å². The van der Waals surface area contributed by atoms with Crippen molar-refractivity contribution in [1.82, 2.24) is 0 Å². The van der Waals surface area contributed by atoms with Gasteiger partial charge in [0.05, 0.1) is 17.1 Å². The average Bonchev–Trinajstić information content (AvgIpc) is 2.62. The van der Waals surface area contributed by atoms with Crippen molar-refractivity contribution in [3.63, 3.8) is 0 Å². The molecule has 0 aromatic heterocycles. The van der Waals surface area contributed by atoms with E-state index in [0.717, 1.165) is 0 Å². The highest BCUT2D eigenvalue weighted by Gasteiger charge is 2.16. The molecular weight excluding hydrogens is 372 g/mol. The van der Waals surface area contributed by atoms with E-state index in [-0.39, 0.29) is 11.3 Å². The first-order chi connectivity index (χ1) is 11.6. The Labute approximate surface area is 147 Å². The van der Waals surface area contributed by atoms with Crippen LogP contribution in [0.15, 0.2) is 52.5 Å². The zero-order valence-electron chi connectivity index (χ0n) is 12.6. The number of halogens is 1. The van der Waals surface area contributed by atoms with Gasteiger partial charge in [0, 0.05) is 0 Å². The third-order valence-corrected chi connectivity index (χ3v) is 3.60. The molecule has 0 fully saturated rings. The van der Waals surface area contributed by atoms with Crippen LogP contribution in [0.1, 0.15) is 15.9 Å². The molecule has 0 unspecified atom stereocenters. The van der Waals surface area contributed by atoms with Crippen molar-refractivity contribution in [2.45, 2.75) is 0 Å². The van der Waals surface area contributed by atoms with Crippen LogP contribution in [0.2, 0.25) is 0 Å². The van der Waals surface area contributed by atoms with Gasteiger partial charge in [0.15, 0.2) is 11.5 Å². The number of hydrogen-bond donors (Lipinski definition) is 0. The van der Waals surface area contributed by atoms with Gasteiger partial charge in [-0.3, -0.25) is 0 Å². The molecule has 0 spiro atoms. The maximum Gasteiger partial charge on any atom is 0.343 e. The van der Waals surface area contributed by atoms with E-state index in [9.17, 15) is 4.79 Å². The monoisotopic (exact) mass is 382 g/mol. The van der Waals surface area contributed by atoms with Crippen LogP contribution in [0.25, 0.3) is 6.08 Å². The summed E-state index contributed by atoms with van der Waals surface area (Å²) in [6.07, 6.45) is 1.41. The van der Waals surface area contributed by atoms with Gasteiger partial charge >= 0.3 is 5.97 Å². The second kappa shape index (κ2) is 7.96. The van der Waals surface area contributed by atoms with Crippen LogP contribution in [-0.4, -0.2) is 13.1 Å². The van der Waals surface area contributed by atoms with Crippen molar-refractivity contribution in [3.05, 3.63) is 63.6 Å². The van der Waals surface area contributed by atoms with Crippen LogP contribution in [0.5, 0.6) is 11.5 Å². The first-order valence-electron chi connectivity index (χ1n) is 6.75. The fourth-order valence-corrected chi connectivity index (χ4v) is 2.44. The smallest absolute Gasteiger partial charge is 0.343 e. The molecule has 0 atom stereocenters. The van der Waals surface area contributed by atoms with Gasteiger partial charge in [-0.1, -0.05) is 18.2 Å². The summed E-state index contributed by atoms with van der Waals surface area (Å²) in [6.45, 7) is 0. The number of nitriles is 2. The summed E-state index contributed by atoms with van der Waals surface area (Å²) in [6, 6.07) is 15.3. The molecule has 2 rings (SSSR count). The number of rotatable bonds is 4. The Kier molecular flexibility index (Phi) is 5.73. The quantitative estimate of drug-likeness (QED) is 0.451. The van der Waals surface area contributed by atoms with Gasteiger partial charge in [-0.2, -0.15) is 10.5 Å². The number of carbonyl (C=O) groups excluding carboxylic acids is 1. The van der Waals surface area contributed by atoms with Crippen LogP contribution < -0.4 is 9.47 Å². The normalized spacial score (nSPS) is 9.33. The molecule has 2 aromatic rings. The number of methoxy groups -OCH3 is 1. The lowest BCUT2D eigenvalue weighted by molar-refractivity contribution is 0.0728. The summed E-state index contributed by atoms with van der Waals surface area (Å²) < 4.78 is 11.1. The van der Waals surface area contributed by atoms with Gasteiger partial charge in [0.1, 0.15) is 17.7 Å². The maximum atomic E-state index is 12.2. The molecule has 118 valence electrons. The third-order valence-electron chi connectivity index (χ3n) is 3.01. The van der Waals surface area contributed by atoms with E-state index in [2.05, 4.69) is 15.9 Å². The summed E-state index contributed by atoms with van der Waals surface area (Å²) in [7, 11) is 1.44. The van der Waals surface area contributed by atoms with Gasteiger partial charge in [-0.25, -0.2) is 4.79 Å². The molecule has 0 radical (unpaired) electrons. The highest BCUT2D eigenvalue weighted by Crippen LogP contribution is 2.37. The zero-order valence-corrected chi connectivity index (χ0v) is 14.2. The van der Waals surface area contributed by atoms with Crippen LogP contribution in [-0.2, 0) is 0 Å². The molecule has 0 bridgehead atoms. The maximum absolute atomic E-state index is 12.2. The fraction of sp³-hybridized carbons (Fsp3) is 0.0556. The lowest BCUT2D eigenvalue weighted by atomic mass is 10.1. The highest BCUT2D eigenvalue weighted by molar-refractivity contribution is 9.10. The van der Waals surface area contributed by atoms with Gasteiger partial charge in [0.2, 0.25) is 0 Å². The van der Waals surface area contributed by atoms with E-state index in [1.165, 1.54) is 13.2 Å². The molecule has 0 aliphatic carbocycles. The third kappa shape index (κ3) is 4.01. The Morgan fingerprint density at radius 3 is 2.42 bits per heavy atom. The predicted molar refractivity (Wildman–Crippen MR) is 91.3 cm³/mol. The molecule has 5 nitrogen and oxygen atoms in total. The average molecular weight is 383 g/mol. The van der Waals surface area contributed by atoms with Gasteiger partial charge < -0.3 is 9.47 Å². The number of hydrogen-bond acceptors (Lipinski definition) is 5. The van der Waals surface area contributed by atoms with Gasteiger partial charge in [0.25, 0.3) is 0 Å². The summed E-state index contributed by atoms with van der Waals surface area (Å²) in [5.41, 5.74) is 0.931. The Balaban J connectivity index is 2.38. The number of carbonyl (C=O) groups is 1. The van der Waals surface area contributed by atoms with E-state index < -0.39 is 5.97 Å². The Hall–Kier alpha value is -3.09. The van der Waals surface area contributed by atoms with E-state index in [1.807, 2.05) is 0 Å². The van der Waals surface area contributed by atoms with Crippen molar-refractivity contribution in [2.75, 3.05) is 7.11 Å². The van der Waals surface area contributed by atoms with Crippen molar-refractivity contribution >= 4 is 28.0 Å². The minimum atomic E-state index is -0.521.